The van der Waals surface area contributed by atoms with Gasteiger partial charge in [0, 0.05) is 11.9 Å². The molecule has 3 rings (SSSR count). The van der Waals surface area contributed by atoms with Crippen molar-refractivity contribution in [2.45, 2.75) is 6.92 Å². The molecule has 120 valence electrons. The number of ether oxygens (including phenoxy) is 1. The van der Waals surface area contributed by atoms with Gasteiger partial charge in [-0.05, 0) is 55.0 Å². The number of rotatable bonds is 4. The van der Waals surface area contributed by atoms with Gasteiger partial charge in [-0.2, -0.15) is 0 Å². The summed E-state index contributed by atoms with van der Waals surface area (Å²) in [7, 11) is 0. The summed E-state index contributed by atoms with van der Waals surface area (Å²) in [5.74, 6) is 1.19. The Balaban J connectivity index is 1.70. The average molecular weight is 339 g/mol. The maximum Gasteiger partial charge on any atom is 0.258 e. The van der Waals surface area contributed by atoms with Gasteiger partial charge in [0.1, 0.15) is 16.7 Å². The first-order chi connectivity index (χ1) is 11.6. The number of nitrogens with one attached hydrogen (secondary N) is 1. The number of benzene rings is 2. The Kier molecular flexibility index (Phi) is 4.77. The topological polar surface area (TPSA) is 51.2 Å². The summed E-state index contributed by atoms with van der Waals surface area (Å²) in [5, 5.41) is 2.96. The maximum absolute atomic E-state index is 12.2. The fourth-order valence-electron chi connectivity index (χ4n) is 2.16. The van der Waals surface area contributed by atoms with Gasteiger partial charge >= 0.3 is 0 Å². The third kappa shape index (κ3) is 3.73. The molecule has 0 unspecified atom stereocenters. The van der Waals surface area contributed by atoms with E-state index in [1.165, 1.54) is 6.20 Å². The van der Waals surface area contributed by atoms with Crippen LogP contribution in [0.5, 0.6) is 11.5 Å². The second-order valence-corrected chi connectivity index (χ2v) is 5.55. The lowest BCUT2D eigenvalue weighted by atomic mass is 10.2. The summed E-state index contributed by atoms with van der Waals surface area (Å²) >= 11 is 5.92. The zero-order valence-electron chi connectivity index (χ0n) is 13.0. The standard InChI is InChI=1S/C19H15ClN2O2/c1-13-5-2-3-7-17(13)24-15-10-8-14(9-11-15)22-19(23)16-6-4-12-21-18(16)20/h2-12H,1H3,(H,22,23). The molecule has 5 heteroatoms. The van der Waals surface area contributed by atoms with E-state index >= 15 is 0 Å². The number of anilines is 1. The number of hydrogen-bond acceptors (Lipinski definition) is 3. The summed E-state index contributed by atoms with van der Waals surface area (Å²) in [4.78, 5) is 16.1. The highest BCUT2D eigenvalue weighted by molar-refractivity contribution is 6.33. The Labute approximate surface area is 145 Å². The SMILES string of the molecule is Cc1ccccc1Oc1ccc(NC(=O)c2cccnc2Cl)cc1. The molecule has 1 amide bonds. The van der Waals surface area contributed by atoms with Gasteiger partial charge in [0.15, 0.2) is 0 Å². The smallest absolute Gasteiger partial charge is 0.258 e. The van der Waals surface area contributed by atoms with E-state index < -0.39 is 0 Å². The van der Waals surface area contributed by atoms with Crippen molar-refractivity contribution in [2.24, 2.45) is 0 Å². The van der Waals surface area contributed by atoms with Gasteiger partial charge in [-0.3, -0.25) is 4.79 Å². The van der Waals surface area contributed by atoms with Crippen molar-refractivity contribution in [2.75, 3.05) is 5.32 Å². The average Bonchev–Trinajstić information content (AvgIpc) is 2.59. The summed E-state index contributed by atoms with van der Waals surface area (Å²) in [5.41, 5.74) is 2.04. The highest BCUT2D eigenvalue weighted by Gasteiger charge is 2.11. The molecule has 0 saturated carbocycles. The first-order valence-corrected chi connectivity index (χ1v) is 7.77. The number of amides is 1. The summed E-state index contributed by atoms with van der Waals surface area (Å²) in [6.45, 7) is 1.99. The van der Waals surface area contributed by atoms with Gasteiger partial charge in [-0.15, -0.1) is 0 Å². The quantitative estimate of drug-likeness (QED) is 0.674. The van der Waals surface area contributed by atoms with Crippen molar-refractivity contribution in [1.29, 1.82) is 0 Å². The van der Waals surface area contributed by atoms with Gasteiger partial charge < -0.3 is 10.1 Å². The number of hydrogen-bond donors (Lipinski definition) is 1. The van der Waals surface area contributed by atoms with Crippen molar-refractivity contribution >= 4 is 23.2 Å². The fraction of sp³-hybridized carbons (Fsp3) is 0.0526. The minimum atomic E-state index is -0.305. The van der Waals surface area contributed by atoms with Crippen molar-refractivity contribution in [3.8, 4) is 11.5 Å². The van der Waals surface area contributed by atoms with E-state index in [2.05, 4.69) is 10.3 Å². The van der Waals surface area contributed by atoms with Crippen LogP contribution in [-0.2, 0) is 0 Å². The van der Waals surface area contributed by atoms with Gasteiger partial charge in [-0.1, -0.05) is 29.8 Å². The molecule has 0 spiro atoms. The maximum atomic E-state index is 12.2. The summed E-state index contributed by atoms with van der Waals surface area (Å²) in [6.07, 6.45) is 1.54. The largest absolute Gasteiger partial charge is 0.457 e. The van der Waals surface area contributed by atoms with Crippen molar-refractivity contribution in [3.63, 3.8) is 0 Å². The van der Waals surface area contributed by atoms with Gasteiger partial charge in [-0.25, -0.2) is 4.98 Å². The van der Waals surface area contributed by atoms with E-state index in [0.717, 1.165) is 11.3 Å². The molecule has 2 aromatic carbocycles. The Hall–Kier alpha value is -2.85. The predicted octanol–water partition coefficient (Wildman–Crippen LogP) is 5.09. The van der Waals surface area contributed by atoms with Crippen LogP contribution in [0.1, 0.15) is 15.9 Å². The molecule has 0 fully saturated rings. The molecule has 0 bridgehead atoms. The molecule has 1 heterocycles. The molecule has 0 saturated heterocycles. The molecule has 0 radical (unpaired) electrons. The minimum absolute atomic E-state index is 0.175. The molecule has 24 heavy (non-hydrogen) atoms. The second-order valence-electron chi connectivity index (χ2n) is 5.19. The number of carbonyl (C=O) groups excluding carboxylic acids is 1. The first-order valence-electron chi connectivity index (χ1n) is 7.39. The van der Waals surface area contributed by atoms with E-state index in [4.69, 9.17) is 16.3 Å². The first kappa shape index (κ1) is 16.0. The normalized spacial score (nSPS) is 10.2. The van der Waals surface area contributed by atoms with Crippen LogP contribution in [0.15, 0.2) is 66.9 Å². The van der Waals surface area contributed by atoms with Crippen LogP contribution in [0, 0.1) is 6.92 Å². The molecule has 0 aliphatic heterocycles. The molecule has 0 atom stereocenters. The van der Waals surface area contributed by atoms with Crippen LogP contribution in [0.3, 0.4) is 0 Å². The molecular formula is C19H15ClN2O2. The fourth-order valence-corrected chi connectivity index (χ4v) is 2.36. The molecule has 1 aromatic heterocycles. The number of carbonyl (C=O) groups is 1. The molecule has 0 aliphatic rings. The molecular weight excluding hydrogens is 324 g/mol. The van der Waals surface area contributed by atoms with E-state index in [1.807, 2.05) is 31.2 Å². The van der Waals surface area contributed by atoms with E-state index in [1.54, 1.807) is 36.4 Å². The third-order valence-electron chi connectivity index (χ3n) is 3.44. The minimum Gasteiger partial charge on any atom is -0.457 e. The number of halogens is 1. The van der Waals surface area contributed by atoms with E-state index in [9.17, 15) is 4.79 Å². The van der Waals surface area contributed by atoms with Crippen LogP contribution in [-0.4, -0.2) is 10.9 Å². The zero-order valence-corrected chi connectivity index (χ0v) is 13.7. The lowest BCUT2D eigenvalue weighted by Gasteiger charge is -2.10. The molecule has 1 N–H and O–H groups in total. The number of pyridine rings is 1. The Bertz CT molecular complexity index is 863. The van der Waals surface area contributed by atoms with Crippen molar-refractivity contribution < 1.29 is 9.53 Å². The number of nitrogens with zero attached hydrogens (tertiary/aromatic N) is 1. The Morgan fingerprint density at radius 3 is 2.50 bits per heavy atom. The monoisotopic (exact) mass is 338 g/mol. The lowest BCUT2D eigenvalue weighted by molar-refractivity contribution is 0.102. The van der Waals surface area contributed by atoms with E-state index in [-0.39, 0.29) is 11.1 Å². The molecule has 3 aromatic rings. The summed E-state index contributed by atoms with van der Waals surface area (Å²) in [6, 6.07) is 18.2. The van der Waals surface area contributed by atoms with Gasteiger partial charge in [0.2, 0.25) is 0 Å². The van der Waals surface area contributed by atoms with Crippen molar-refractivity contribution in [1.82, 2.24) is 4.98 Å². The zero-order chi connectivity index (χ0) is 16.9. The lowest BCUT2D eigenvalue weighted by Crippen LogP contribution is -2.12. The highest BCUT2D eigenvalue weighted by atomic mass is 35.5. The van der Waals surface area contributed by atoms with E-state index in [0.29, 0.717) is 17.0 Å². The predicted molar refractivity (Wildman–Crippen MR) is 94.9 cm³/mol. The van der Waals surface area contributed by atoms with Crippen LogP contribution in [0.25, 0.3) is 0 Å². The number of para-hydroxylation sites is 1. The summed E-state index contributed by atoms with van der Waals surface area (Å²) < 4.78 is 5.83. The van der Waals surface area contributed by atoms with Gasteiger partial charge in [0.25, 0.3) is 5.91 Å². The van der Waals surface area contributed by atoms with Crippen LogP contribution in [0.4, 0.5) is 5.69 Å². The number of aromatic nitrogens is 1. The molecule has 4 nitrogen and oxygen atoms in total. The Morgan fingerprint density at radius 2 is 1.79 bits per heavy atom. The van der Waals surface area contributed by atoms with Crippen LogP contribution < -0.4 is 10.1 Å². The van der Waals surface area contributed by atoms with Gasteiger partial charge in [0.05, 0.1) is 5.56 Å². The number of aryl methyl sites for hydroxylation is 1. The molecule has 0 aliphatic carbocycles. The van der Waals surface area contributed by atoms with Crippen LogP contribution >= 0.6 is 11.6 Å². The van der Waals surface area contributed by atoms with Crippen molar-refractivity contribution in [3.05, 3.63) is 83.1 Å². The second kappa shape index (κ2) is 7.15. The van der Waals surface area contributed by atoms with Crippen LogP contribution in [0.2, 0.25) is 5.15 Å². The third-order valence-corrected chi connectivity index (χ3v) is 3.74. The Morgan fingerprint density at radius 1 is 1.04 bits per heavy atom. The highest BCUT2D eigenvalue weighted by Crippen LogP contribution is 2.26.